The Morgan fingerprint density at radius 2 is 2.00 bits per heavy atom. The van der Waals surface area contributed by atoms with Crippen LogP contribution in [-0.2, 0) is 4.74 Å². The van der Waals surface area contributed by atoms with Gasteiger partial charge in [0.1, 0.15) is 6.04 Å². The third kappa shape index (κ3) is 2.48. The first-order chi connectivity index (χ1) is 8.31. The number of hydrogen-bond donors (Lipinski definition) is 1. The molecule has 1 N–H and O–H groups in total. The molecule has 1 fully saturated rings. The van der Waals surface area contributed by atoms with Crippen molar-refractivity contribution in [2.24, 2.45) is 0 Å². The maximum atomic E-state index is 13.7. The molecule has 1 heterocycles. The van der Waals surface area contributed by atoms with Crippen molar-refractivity contribution < 1.29 is 18.3 Å². The standard InChI is InChI=1S/C10H6Cl3F2NO2/c11-4-1-5(7(13)6(12)2-4)8-10(14,15)3-18-9(17)16-8/h1-2,8H,3H2,(H,16,17)/t8-/m0/s1. The minimum atomic E-state index is -3.30. The monoisotopic (exact) mass is 315 g/mol. The number of ether oxygens (including phenoxy) is 1. The van der Waals surface area contributed by atoms with Crippen molar-refractivity contribution in [1.29, 1.82) is 0 Å². The molecule has 98 valence electrons. The predicted octanol–water partition coefficient (Wildman–Crippen LogP) is 4.06. The lowest BCUT2D eigenvalue weighted by Gasteiger charge is -2.32. The summed E-state index contributed by atoms with van der Waals surface area (Å²) in [4.78, 5) is 11.0. The number of hydrogen-bond acceptors (Lipinski definition) is 2. The number of amides is 1. The van der Waals surface area contributed by atoms with Crippen LogP contribution in [0.3, 0.4) is 0 Å². The maximum Gasteiger partial charge on any atom is 0.408 e. The van der Waals surface area contributed by atoms with Crippen molar-refractivity contribution >= 4 is 40.9 Å². The Labute approximate surface area is 116 Å². The van der Waals surface area contributed by atoms with E-state index in [9.17, 15) is 13.6 Å². The van der Waals surface area contributed by atoms with E-state index in [0.717, 1.165) is 0 Å². The van der Waals surface area contributed by atoms with Gasteiger partial charge in [0.15, 0.2) is 6.61 Å². The number of benzene rings is 1. The molecule has 3 nitrogen and oxygen atoms in total. The van der Waals surface area contributed by atoms with E-state index in [1.54, 1.807) is 0 Å². The lowest BCUT2D eigenvalue weighted by atomic mass is 10.00. The summed E-state index contributed by atoms with van der Waals surface area (Å²) in [6.07, 6.45) is -0.946. The summed E-state index contributed by atoms with van der Waals surface area (Å²) in [5, 5.41) is 2.12. The van der Waals surface area contributed by atoms with Crippen LogP contribution in [0.25, 0.3) is 0 Å². The highest BCUT2D eigenvalue weighted by atomic mass is 35.5. The molecule has 0 unspecified atom stereocenters. The van der Waals surface area contributed by atoms with Gasteiger partial charge in [0.2, 0.25) is 0 Å². The maximum absolute atomic E-state index is 13.7. The summed E-state index contributed by atoms with van der Waals surface area (Å²) in [6.45, 7) is -1.02. The second kappa shape index (κ2) is 4.72. The Kier molecular flexibility index (Phi) is 3.58. The fourth-order valence-corrected chi connectivity index (χ4v) is 2.33. The second-order valence-corrected chi connectivity index (χ2v) is 4.93. The number of alkyl carbamates (subject to hydrolysis) is 1. The molecule has 0 spiro atoms. The minimum absolute atomic E-state index is 0.0377. The Hall–Kier alpha value is -0.780. The molecule has 1 atom stereocenters. The first kappa shape index (κ1) is 13.6. The number of cyclic esters (lactones) is 1. The van der Waals surface area contributed by atoms with Gasteiger partial charge in [-0.2, -0.15) is 0 Å². The Bertz CT molecular complexity index is 510. The van der Waals surface area contributed by atoms with Crippen molar-refractivity contribution in [3.05, 3.63) is 32.8 Å². The smallest absolute Gasteiger partial charge is 0.408 e. The van der Waals surface area contributed by atoms with Gasteiger partial charge in [-0.25, -0.2) is 13.6 Å². The molecule has 1 aromatic rings. The van der Waals surface area contributed by atoms with Gasteiger partial charge in [0.05, 0.1) is 10.0 Å². The van der Waals surface area contributed by atoms with Crippen molar-refractivity contribution in [2.75, 3.05) is 6.61 Å². The van der Waals surface area contributed by atoms with Crippen LogP contribution in [0.4, 0.5) is 13.6 Å². The molecule has 0 saturated carbocycles. The van der Waals surface area contributed by atoms with Gasteiger partial charge >= 0.3 is 12.0 Å². The number of alkyl halides is 2. The number of nitrogens with one attached hydrogen (secondary N) is 1. The molecule has 0 aliphatic carbocycles. The second-order valence-electron chi connectivity index (χ2n) is 3.71. The zero-order valence-electron chi connectivity index (χ0n) is 8.65. The summed E-state index contributed by atoms with van der Waals surface area (Å²) in [5.74, 6) is -3.30. The SMILES string of the molecule is O=C1N[C@@H](c2cc(Cl)cc(Cl)c2Cl)C(F)(F)CO1. The highest BCUT2D eigenvalue weighted by Crippen LogP contribution is 2.41. The number of rotatable bonds is 1. The fraction of sp³-hybridized carbons (Fsp3) is 0.300. The van der Waals surface area contributed by atoms with Gasteiger partial charge in [-0.1, -0.05) is 34.8 Å². The normalized spacial score (nSPS) is 22.3. The Balaban J connectivity index is 2.49. The highest BCUT2D eigenvalue weighted by Gasteiger charge is 2.47. The molecular weight excluding hydrogens is 310 g/mol. The molecule has 1 aliphatic rings. The molecule has 1 saturated heterocycles. The van der Waals surface area contributed by atoms with Crippen molar-refractivity contribution in [3.8, 4) is 0 Å². The van der Waals surface area contributed by atoms with Crippen molar-refractivity contribution in [2.45, 2.75) is 12.0 Å². The summed E-state index contributed by atoms with van der Waals surface area (Å²) in [7, 11) is 0. The van der Waals surface area contributed by atoms with E-state index in [2.05, 4.69) is 4.74 Å². The van der Waals surface area contributed by atoms with Crippen molar-refractivity contribution in [3.63, 3.8) is 0 Å². The Morgan fingerprint density at radius 3 is 2.67 bits per heavy atom. The molecule has 8 heteroatoms. The first-order valence-corrected chi connectivity index (χ1v) is 5.90. The summed E-state index contributed by atoms with van der Waals surface area (Å²) < 4.78 is 31.6. The zero-order valence-corrected chi connectivity index (χ0v) is 10.9. The summed E-state index contributed by atoms with van der Waals surface area (Å²) in [5.41, 5.74) is -0.0455. The summed E-state index contributed by atoms with van der Waals surface area (Å²) >= 11 is 17.4. The van der Waals surface area contributed by atoms with Crippen LogP contribution in [0, 0.1) is 0 Å². The average Bonchev–Trinajstić information content (AvgIpc) is 2.27. The number of halogens is 5. The third-order valence-corrected chi connectivity index (χ3v) is 3.45. The molecule has 0 aromatic heterocycles. The molecular formula is C10H6Cl3F2NO2. The third-order valence-electron chi connectivity index (χ3n) is 2.41. The van der Waals surface area contributed by atoms with E-state index in [-0.39, 0.29) is 20.6 Å². The lowest BCUT2D eigenvalue weighted by Crippen LogP contribution is -2.49. The van der Waals surface area contributed by atoms with Crippen LogP contribution in [-0.4, -0.2) is 18.6 Å². The van der Waals surface area contributed by atoms with Crippen LogP contribution in [0.1, 0.15) is 11.6 Å². The van der Waals surface area contributed by atoms with Gasteiger partial charge < -0.3 is 10.1 Å². The van der Waals surface area contributed by atoms with Gasteiger partial charge in [0, 0.05) is 10.6 Å². The predicted molar refractivity (Wildman–Crippen MR) is 63.6 cm³/mol. The first-order valence-electron chi connectivity index (χ1n) is 4.77. The molecule has 18 heavy (non-hydrogen) atoms. The van der Waals surface area contributed by atoms with Crippen LogP contribution in [0.5, 0.6) is 0 Å². The highest BCUT2D eigenvalue weighted by molar-refractivity contribution is 6.43. The number of carbonyl (C=O) groups excluding carboxylic acids is 1. The van der Waals surface area contributed by atoms with Gasteiger partial charge in [-0.15, -0.1) is 0 Å². The fourth-order valence-electron chi connectivity index (χ4n) is 1.60. The van der Waals surface area contributed by atoms with Gasteiger partial charge in [-0.05, 0) is 12.1 Å². The number of carbonyl (C=O) groups is 1. The zero-order chi connectivity index (χ0) is 13.5. The average molecular weight is 317 g/mol. The van der Waals surface area contributed by atoms with Crippen LogP contribution < -0.4 is 5.32 Å². The minimum Gasteiger partial charge on any atom is -0.443 e. The van der Waals surface area contributed by atoms with E-state index in [1.807, 2.05) is 5.32 Å². The molecule has 1 aliphatic heterocycles. The summed E-state index contributed by atoms with van der Waals surface area (Å²) in [6, 6.07) is 0.941. The molecule has 1 aromatic carbocycles. The largest absolute Gasteiger partial charge is 0.443 e. The van der Waals surface area contributed by atoms with E-state index in [4.69, 9.17) is 34.8 Å². The molecule has 1 amide bonds. The van der Waals surface area contributed by atoms with Gasteiger partial charge in [-0.3, -0.25) is 0 Å². The van der Waals surface area contributed by atoms with Crippen LogP contribution in [0.15, 0.2) is 12.1 Å². The Morgan fingerprint density at radius 1 is 1.33 bits per heavy atom. The molecule has 2 rings (SSSR count). The lowest BCUT2D eigenvalue weighted by molar-refractivity contribution is -0.104. The molecule has 0 radical (unpaired) electrons. The van der Waals surface area contributed by atoms with Crippen LogP contribution in [0.2, 0.25) is 15.1 Å². The van der Waals surface area contributed by atoms with E-state index >= 15 is 0 Å². The van der Waals surface area contributed by atoms with Crippen LogP contribution >= 0.6 is 34.8 Å². The van der Waals surface area contributed by atoms with Crippen molar-refractivity contribution in [1.82, 2.24) is 5.32 Å². The van der Waals surface area contributed by atoms with E-state index in [0.29, 0.717) is 0 Å². The van der Waals surface area contributed by atoms with Gasteiger partial charge in [0.25, 0.3) is 0 Å². The molecule has 0 bridgehead atoms. The topological polar surface area (TPSA) is 38.3 Å². The van der Waals surface area contributed by atoms with E-state index < -0.39 is 24.7 Å². The van der Waals surface area contributed by atoms with E-state index in [1.165, 1.54) is 12.1 Å². The quantitative estimate of drug-likeness (QED) is 0.793.